The maximum Gasteiger partial charge on any atom is 0.216 e. The fraction of sp³-hybridized carbons (Fsp3) is 0.929. The van der Waals surface area contributed by atoms with E-state index in [9.17, 15) is 20.1 Å². The van der Waals surface area contributed by atoms with Crippen molar-refractivity contribution >= 4 is 5.91 Å². The Morgan fingerprint density at radius 2 is 1.95 bits per heavy atom. The molecule has 2 fully saturated rings. The Kier molecular flexibility index (Phi) is 5.37. The second-order valence-electron chi connectivity index (χ2n) is 6.15. The van der Waals surface area contributed by atoms with Crippen molar-refractivity contribution in [1.82, 2.24) is 10.2 Å². The van der Waals surface area contributed by atoms with Crippen LogP contribution in [0.5, 0.6) is 0 Å². The van der Waals surface area contributed by atoms with Gasteiger partial charge in [0.1, 0.15) is 0 Å². The van der Waals surface area contributed by atoms with Gasteiger partial charge in [0.15, 0.2) is 0 Å². The third kappa shape index (κ3) is 3.69. The van der Waals surface area contributed by atoms with Crippen LogP contribution >= 0.6 is 0 Å². The molecule has 4 N–H and O–H groups in total. The van der Waals surface area contributed by atoms with Crippen molar-refractivity contribution in [3.8, 4) is 0 Å². The highest BCUT2D eigenvalue weighted by Crippen LogP contribution is 2.32. The van der Waals surface area contributed by atoms with E-state index in [1.54, 1.807) is 0 Å². The quantitative estimate of drug-likeness (QED) is 0.491. The van der Waals surface area contributed by atoms with Gasteiger partial charge in [-0.2, -0.15) is 0 Å². The van der Waals surface area contributed by atoms with Gasteiger partial charge in [-0.15, -0.1) is 0 Å². The summed E-state index contributed by atoms with van der Waals surface area (Å²) in [5, 5.41) is 32.5. The van der Waals surface area contributed by atoms with Crippen LogP contribution in [0.1, 0.15) is 32.6 Å². The molecule has 0 radical (unpaired) electrons. The molecule has 1 amide bonds. The molecule has 20 heavy (non-hydrogen) atoms. The number of nitrogens with zero attached hydrogens (tertiary/aromatic N) is 1. The third-order valence-electron chi connectivity index (χ3n) is 4.46. The van der Waals surface area contributed by atoms with Gasteiger partial charge in [-0.25, -0.2) is 0 Å². The number of aliphatic hydroxyl groups excluding tert-OH is 3. The fourth-order valence-electron chi connectivity index (χ4n) is 3.50. The van der Waals surface area contributed by atoms with Gasteiger partial charge >= 0.3 is 0 Å². The number of nitrogens with one attached hydrogen (secondary N) is 1. The molecule has 0 aromatic rings. The van der Waals surface area contributed by atoms with Crippen LogP contribution in [0.15, 0.2) is 0 Å². The minimum absolute atomic E-state index is 0.000900. The number of hydrogen-bond acceptors (Lipinski definition) is 5. The lowest BCUT2D eigenvalue weighted by molar-refractivity contribution is -0.118. The summed E-state index contributed by atoms with van der Waals surface area (Å²) in [7, 11) is 0. The topological polar surface area (TPSA) is 93.0 Å². The van der Waals surface area contributed by atoms with E-state index in [0.717, 1.165) is 25.8 Å². The van der Waals surface area contributed by atoms with Crippen molar-refractivity contribution in [3.05, 3.63) is 0 Å². The van der Waals surface area contributed by atoms with Gasteiger partial charge in [0.2, 0.25) is 5.91 Å². The Morgan fingerprint density at radius 3 is 2.65 bits per heavy atom. The SMILES string of the molecule is CC(=O)NCCCC[C@@H]1C[C@@H](O)[C@@H]2[C@H](O)[C@H](O)CN2C1. The molecule has 2 aliphatic heterocycles. The van der Waals surface area contributed by atoms with Gasteiger partial charge < -0.3 is 20.6 Å². The lowest BCUT2D eigenvalue weighted by Crippen LogP contribution is -2.52. The van der Waals surface area contributed by atoms with Crippen LogP contribution in [0.4, 0.5) is 0 Å². The minimum atomic E-state index is -0.828. The summed E-state index contributed by atoms with van der Waals surface area (Å²) in [5.74, 6) is 0.400. The molecular formula is C14H26N2O4. The van der Waals surface area contributed by atoms with Crippen molar-refractivity contribution in [1.29, 1.82) is 0 Å². The van der Waals surface area contributed by atoms with Crippen LogP contribution in [0.2, 0.25) is 0 Å². The highest BCUT2D eigenvalue weighted by molar-refractivity contribution is 5.72. The molecule has 2 saturated heterocycles. The Labute approximate surface area is 119 Å². The molecule has 0 saturated carbocycles. The largest absolute Gasteiger partial charge is 0.391 e. The predicted molar refractivity (Wildman–Crippen MR) is 74.0 cm³/mol. The normalized spacial score (nSPS) is 37.7. The monoisotopic (exact) mass is 286 g/mol. The smallest absolute Gasteiger partial charge is 0.216 e. The third-order valence-corrected chi connectivity index (χ3v) is 4.46. The molecule has 2 aliphatic rings. The van der Waals surface area contributed by atoms with E-state index in [2.05, 4.69) is 5.32 Å². The molecular weight excluding hydrogens is 260 g/mol. The second kappa shape index (κ2) is 6.85. The first-order valence-corrected chi connectivity index (χ1v) is 7.51. The van der Waals surface area contributed by atoms with Crippen molar-refractivity contribution in [2.75, 3.05) is 19.6 Å². The summed E-state index contributed by atoms with van der Waals surface area (Å²) in [6, 6.07) is -0.305. The Hall–Kier alpha value is -0.690. The summed E-state index contributed by atoms with van der Waals surface area (Å²) < 4.78 is 0. The fourth-order valence-corrected chi connectivity index (χ4v) is 3.50. The first-order chi connectivity index (χ1) is 9.49. The van der Waals surface area contributed by atoms with E-state index in [1.165, 1.54) is 6.92 Å². The first kappa shape index (κ1) is 15.7. The number of carbonyl (C=O) groups is 1. The number of hydrogen-bond donors (Lipinski definition) is 4. The number of carbonyl (C=O) groups excluding carboxylic acids is 1. The molecule has 5 atom stereocenters. The Bertz CT molecular complexity index is 339. The molecule has 0 aliphatic carbocycles. The maximum atomic E-state index is 10.7. The Balaban J connectivity index is 1.72. The molecule has 116 valence electrons. The molecule has 2 rings (SSSR count). The Morgan fingerprint density at radius 1 is 1.20 bits per heavy atom. The van der Waals surface area contributed by atoms with Gasteiger partial charge in [-0.1, -0.05) is 6.42 Å². The van der Waals surface area contributed by atoms with Crippen LogP contribution in [0.3, 0.4) is 0 Å². The van der Waals surface area contributed by atoms with Crippen molar-refractivity contribution in [2.45, 2.75) is 57.0 Å². The van der Waals surface area contributed by atoms with E-state index in [0.29, 0.717) is 25.4 Å². The van der Waals surface area contributed by atoms with Crippen molar-refractivity contribution in [3.63, 3.8) is 0 Å². The summed E-state index contributed by atoms with van der Waals surface area (Å²) in [6.07, 6.45) is 1.52. The summed E-state index contributed by atoms with van der Waals surface area (Å²) in [6.45, 7) is 3.50. The van der Waals surface area contributed by atoms with Gasteiger partial charge in [0, 0.05) is 26.6 Å². The highest BCUT2D eigenvalue weighted by Gasteiger charge is 2.47. The van der Waals surface area contributed by atoms with Gasteiger partial charge in [0.25, 0.3) is 0 Å². The summed E-state index contributed by atoms with van der Waals surface area (Å²) in [5.41, 5.74) is 0. The number of fused-ring (bicyclic) bond motifs is 1. The van der Waals surface area contributed by atoms with E-state index in [4.69, 9.17) is 0 Å². The minimum Gasteiger partial charge on any atom is -0.391 e. The summed E-state index contributed by atoms with van der Waals surface area (Å²) >= 11 is 0. The molecule has 6 nitrogen and oxygen atoms in total. The second-order valence-corrected chi connectivity index (χ2v) is 6.15. The molecule has 0 aromatic carbocycles. The summed E-state index contributed by atoms with van der Waals surface area (Å²) in [4.78, 5) is 12.8. The first-order valence-electron chi connectivity index (χ1n) is 7.51. The van der Waals surface area contributed by atoms with Crippen LogP contribution in [0.25, 0.3) is 0 Å². The van der Waals surface area contributed by atoms with Crippen LogP contribution < -0.4 is 5.32 Å². The van der Waals surface area contributed by atoms with Gasteiger partial charge in [-0.3, -0.25) is 9.69 Å². The molecule has 0 unspecified atom stereocenters. The van der Waals surface area contributed by atoms with Crippen molar-refractivity contribution in [2.24, 2.45) is 5.92 Å². The maximum absolute atomic E-state index is 10.7. The highest BCUT2D eigenvalue weighted by atomic mass is 16.3. The van der Waals surface area contributed by atoms with Crippen molar-refractivity contribution < 1.29 is 20.1 Å². The molecule has 6 heteroatoms. The lowest BCUT2D eigenvalue weighted by atomic mass is 9.86. The standard InChI is InChI=1S/C14H26N2O4/c1-9(17)15-5-3-2-4-10-6-11(18)13-14(20)12(19)8-16(13)7-10/h10-14,18-20H,2-8H2,1H3,(H,15,17)/t10-,11-,12-,13-,14-/m1/s1. The molecule has 2 heterocycles. The van der Waals surface area contributed by atoms with E-state index in [1.807, 2.05) is 4.90 Å². The van der Waals surface area contributed by atoms with Crippen LogP contribution in [0, 0.1) is 5.92 Å². The molecule has 0 aromatic heterocycles. The number of piperidine rings is 1. The van der Waals surface area contributed by atoms with E-state index >= 15 is 0 Å². The van der Waals surface area contributed by atoms with Crippen LogP contribution in [-0.2, 0) is 4.79 Å². The van der Waals surface area contributed by atoms with E-state index in [-0.39, 0.29) is 11.9 Å². The lowest BCUT2D eigenvalue weighted by Gasteiger charge is -2.39. The zero-order valence-corrected chi connectivity index (χ0v) is 12.0. The zero-order chi connectivity index (χ0) is 14.7. The number of amides is 1. The van der Waals surface area contributed by atoms with Crippen LogP contribution in [-0.4, -0.2) is 70.1 Å². The molecule has 0 spiro atoms. The predicted octanol–water partition coefficient (Wildman–Crippen LogP) is -0.920. The average Bonchev–Trinajstić information content (AvgIpc) is 2.64. The zero-order valence-electron chi connectivity index (χ0n) is 12.0. The average molecular weight is 286 g/mol. The number of unbranched alkanes of at least 4 members (excludes halogenated alkanes) is 1. The van der Waals surface area contributed by atoms with Gasteiger partial charge in [0.05, 0.1) is 24.4 Å². The molecule has 0 bridgehead atoms. The number of rotatable bonds is 5. The van der Waals surface area contributed by atoms with E-state index < -0.39 is 18.3 Å². The number of aliphatic hydroxyl groups is 3. The van der Waals surface area contributed by atoms with Gasteiger partial charge in [-0.05, 0) is 25.2 Å².